The van der Waals surface area contributed by atoms with Crippen LogP contribution in [0.25, 0.3) is 0 Å². The molecule has 0 saturated carbocycles. The molecule has 1 fully saturated rings. The van der Waals surface area contributed by atoms with E-state index in [1.165, 1.54) is 6.07 Å². The second-order valence-corrected chi connectivity index (χ2v) is 5.49. The van der Waals surface area contributed by atoms with Gasteiger partial charge in [-0.2, -0.15) is 0 Å². The zero-order chi connectivity index (χ0) is 15.4. The van der Waals surface area contributed by atoms with Crippen molar-refractivity contribution in [2.45, 2.75) is 6.04 Å². The molecule has 1 saturated heterocycles. The minimum atomic E-state index is -0.230. The molecule has 116 valence electrons. The number of hydrogen-bond donors (Lipinski definition) is 1. The predicted molar refractivity (Wildman–Crippen MR) is 85.7 cm³/mol. The van der Waals surface area contributed by atoms with Crippen molar-refractivity contribution < 1.29 is 9.13 Å². The van der Waals surface area contributed by atoms with Crippen LogP contribution in [0.2, 0.25) is 0 Å². The Bertz CT molecular complexity index is 612. The highest BCUT2D eigenvalue weighted by atomic mass is 19.1. The molecule has 0 spiro atoms. The van der Waals surface area contributed by atoms with Crippen molar-refractivity contribution in [2.75, 3.05) is 33.3 Å². The molecule has 1 aliphatic rings. The van der Waals surface area contributed by atoms with Gasteiger partial charge in [0.2, 0.25) is 0 Å². The summed E-state index contributed by atoms with van der Waals surface area (Å²) >= 11 is 0. The SMILES string of the molecule is COc1ccc(F)cc1C(c1ccccc1)N1CCNCC1. The maximum Gasteiger partial charge on any atom is 0.124 e. The Morgan fingerprint density at radius 1 is 1.09 bits per heavy atom. The van der Waals surface area contributed by atoms with E-state index < -0.39 is 0 Å². The molecule has 0 bridgehead atoms. The van der Waals surface area contributed by atoms with E-state index in [9.17, 15) is 4.39 Å². The van der Waals surface area contributed by atoms with Gasteiger partial charge in [-0.3, -0.25) is 4.90 Å². The number of hydrogen-bond acceptors (Lipinski definition) is 3. The van der Waals surface area contributed by atoms with Crippen LogP contribution in [-0.4, -0.2) is 38.2 Å². The van der Waals surface area contributed by atoms with Gasteiger partial charge in [-0.25, -0.2) is 4.39 Å². The monoisotopic (exact) mass is 300 g/mol. The first-order valence-electron chi connectivity index (χ1n) is 7.63. The first-order chi connectivity index (χ1) is 10.8. The smallest absolute Gasteiger partial charge is 0.124 e. The number of ether oxygens (including phenoxy) is 1. The second kappa shape index (κ2) is 6.90. The molecule has 0 radical (unpaired) electrons. The van der Waals surface area contributed by atoms with Crippen LogP contribution in [0.3, 0.4) is 0 Å². The molecule has 2 aromatic rings. The van der Waals surface area contributed by atoms with Gasteiger partial charge < -0.3 is 10.1 Å². The van der Waals surface area contributed by atoms with Gasteiger partial charge in [0.25, 0.3) is 0 Å². The highest BCUT2D eigenvalue weighted by molar-refractivity contribution is 5.42. The minimum absolute atomic E-state index is 0.00829. The fourth-order valence-electron chi connectivity index (χ4n) is 3.08. The zero-order valence-electron chi connectivity index (χ0n) is 12.8. The topological polar surface area (TPSA) is 24.5 Å². The van der Waals surface area contributed by atoms with Crippen LogP contribution in [0.15, 0.2) is 48.5 Å². The lowest BCUT2D eigenvalue weighted by molar-refractivity contribution is 0.195. The largest absolute Gasteiger partial charge is 0.496 e. The van der Waals surface area contributed by atoms with Crippen LogP contribution >= 0.6 is 0 Å². The van der Waals surface area contributed by atoms with Crippen molar-refractivity contribution >= 4 is 0 Å². The number of nitrogens with zero attached hydrogens (tertiary/aromatic N) is 1. The van der Waals surface area contributed by atoms with E-state index in [-0.39, 0.29) is 11.9 Å². The zero-order valence-corrected chi connectivity index (χ0v) is 12.8. The first kappa shape index (κ1) is 15.0. The Hall–Kier alpha value is -1.91. The lowest BCUT2D eigenvalue weighted by atomic mass is 9.95. The third kappa shape index (κ3) is 3.13. The summed E-state index contributed by atoms with van der Waals surface area (Å²) in [6.45, 7) is 3.75. The van der Waals surface area contributed by atoms with Crippen molar-refractivity contribution in [1.82, 2.24) is 10.2 Å². The standard InChI is InChI=1S/C18H21FN2O/c1-22-17-8-7-15(19)13-16(17)18(14-5-3-2-4-6-14)21-11-9-20-10-12-21/h2-8,13,18,20H,9-12H2,1H3. The number of rotatable bonds is 4. The lowest BCUT2D eigenvalue weighted by Crippen LogP contribution is -2.45. The predicted octanol–water partition coefficient (Wildman–Crippen LogP) is 2.83. The van der Waals surface area contributed by atoms with Gasteiger partial charge in [0, 0.05) is 31.7 Å². The molecule has 4 heteroatoms. The van der Waals surface area contributed by atoms with Crippen LogP contribution < -0.4 is 10.1 Å². The van der Waals surface area contributed by atoms with Gasteiger partial charge >= 0.3 is 0 Å². The van der Waals surface area contributed by atoms with E-state index in [0.717, 1.165) is 43.1 Å². The van der Waals surface area contributed by atoms with Gasteiger partial charge in [-0.05, 0) is 23.8 Å². The van der Waals surface area contributed by atoms with Crippen LogP contribution in [0.4, 0.5) is 4.39 Å². The first-order valence-corrected chi connectivity index (χ1v) is 7.63. The molecule has 1 heterocycles. The Kier molecular flexibility index (Phi) is 4.71. The quantitative estimate of drug-likeness (QED) is 0.939. The molecule has 3 nitrogen and oxygen atoms in total. The number of benzene rings is 2. The summed E-state index contributed by atoms with van der Waals surface area (Å²) in [5, 5.41) is 3.37. The second-order valence-electron chi connectivity index (χ2n) is 5.49. The molecule has 0 aliphatic carbocycles. The van der Waals surface area contributed by atoms with Gasteiger partial charge in [0.05, 0.1) is 13.2 Å². The normalized spacial score (nSPS) is 17.2. The fourth-order valence-corrected chi connectivity index (χ4v) is 3.08. The summed E-state index contributed by atoms with van der Waals surface area (Å²) in [7, 11) is 1.64. The molecule has 22 heavy (non-hydrogen) atoms. The van der Waals surface area contributed by atoms with E-state index in [1.54, 1.807) is 19.2 Å². The molecule has 0 aromatic heterocycles. The highest BCUT2D eigenvalue weighted by Gasteiger charge is 2.26. The molecule has 1 N–H and O–H groups in total. The molecule has 3 rings (SSSR count). The van der Waals surface area contributed by atoms with Gasteiger partial charge in [-0.15, -0.1) is 0 Å². The highest BCUT2D eigenvalue weighted by Crippen LogP contribution is 2.35. The van der Waals surface area contributed by atoms with Gasteiger partial charge in [0.1, 0.15) is 11.6 Å². The van der Waals surface area contributed by atoms with Gasteiger partial charge in [0.15, 0.2) is 0 Å². The van der Waals surface area contributed by atoms with Crippen molar-refractivity contribution in [3.63, 3.8) is 0 Å². The number of piperazine rings is 1. The summed E-state index contributed by atoms with van der Waals surface area (Å²) in [4.78, 5) is 2.38. The average molecular weight is 300 g/mol. The van der Waals surface area contributed by atoms with Crippen molar-refractivity contribution in [1.29, 1.82) is 0 Å². The van der Waals surface area contributed by atoms with Gasteiger partial charge in [-0.1, -0.05) is 30.3 Å². The van der Waals surface area contributed by atoms with Crippen LogP contribution in [0, 0.1) is 5.82 Å². The average Bonchev–Trinajstić information content (AvgIpc) is 2.57. The number of nitrogens with one attached hydrogen (secondary N) is 1. The van der Waals surface area contributed by atoms with Crippen LogP contribution in [0.1, 0.15) is 17.2 Å². The summed E-state index contributed by atoms with van der Waals surface area (Å²) in [5.74, 6) is 0.501. The minimum Gasteiger partial charge on any atom is -0.496 e. The van der Waals surface area contributed by atoms with E-state index in [1.807, 2.05) is 18.2 Å². The lowest BCUT2D eigenvalue weighted by Gasteiger charge is -2.36. The van der Waals surface area contributed by atoms with E-state index in [2.05, 4.69) is 22.3 Å². The third-order valence-corrected chi connectivity index (χ3v) is 4.12. The molecular formula is C18H21FN2O. The summed E-state index contributed by atoms with van der Waals surface area (Å²) in [6.07, 6.45) is 0. The Morgan fingerprint density at radius 2 is 1.82 bits per heavy atom. The maximum absolute atomic E-state index is 13.8. The summed E-state index contributed by atoms with van der Waals surface area (Å²) < 4.78 is 19.3. The molecule has 1 atom stereocenters. The molecule has 1 unspecified atom stereocenters. The Labute approximate surface area is 130 Å². The maximum atomic E-state index is 13.8. The molecule has 0 amide bonds. The summed E-state index contributed by atoms with van der Waals surface area (Å²) in [5.41, 5.74) is 2.05. The van der Waals surface area contributed by atoms with Crippen molar-refractivity contribution in [3.05, 3.63) is 65.5 Å². The van der Waals surface area contributed by atoms with E-state index in [0.29, 0.717) is 0 Å². The number of methoxy groups -OCH3 is 1. The van der Waals surface area contributed by atoms with Crippen molar-refractivity contribution in [2.24, 2.45) is 0 Å². The fraction of sp³-hybridized carbons (Fsp3) is 0.333. The third-order valence-electron chi connectivity index (χ3n) is 4.12. The Balaban J connectivity index is 2.07. The number of halogens is 1. The van der Waals surface area contributed by atoms with Crippen molar-refractivity contribution in [3.8, 4) is 5.75 Å². The molecule has 1 aliphatic heterocycles. The van der Waals surface area contributed by atoms with Crippen LogP contribution in [-0.2, 0) is 0 Å². The Morgan fingerprint density at radius 3 is 2.50 bits per heavy atom. The molecular weight excluding hydrogens is 279 g/mol. The van der Waals surface area contributed by atoms with Crippen LogP contribution in [0.5, 0.6) is 5.75 Å². The summed E-state index contributed by atoms with van der Waals surface area (Å²) in [6, 6.07) is 15.0. The molecule has 2 aromatic carbocycles. The van der Waals surface area contributed by atoms with E-state index >= 15 is 0 Å². The van der Waals surface area contributed by atoms with E-state index in [4.69, 9.17) is 4.74 Å².